The van der Waals surface area contributed by atoms with E-state index >= 15 is 0 Å². The number of hydrogen-bond donors (Lipinski definition) is 2. The summed E-state index contributed by atoms with van der Waals surface area (Å²) in [6, 6.07) is 6.31. The number of aryl methyl sites for hydroxylation is 2. The van der Waals surface area contributed by atoms with Gasteiger partial charge in [-0.2, -0.15) is 0 Å². The molecule has 3 heteroatoms. The molecule has 0 spiro atoms. The number of aromatic amines is 1. The molecule has 0 fully saturated rings. The number of aromatic nitrogens is 2. The van der Waals surface area contributed by atoms with Crippen LogP contribution in [0.1, 0.15) is 31.7 Å². The van der Waals surface area contributed by atoms with Crippen molar-refractivity contribution >= 4 is 11.0 Å². The monoisotopic (exact) mass is 218 g/mol. The molecule has 0 aliphatic rings. The summed E-state index contributed by atoms with van der Waals surface area (Å²) >= 11 is 0. The van der Waals surface area contributed by atoms with Gasteiger partial charge in [0.25, 0.3) is 0 Å². The Morgan fingerprint density at radius 1 is 1.44 bits per heavy atom. The highest BCUT2D eigenvalue weighted by Gasteiger charge is 2.04. The molecule has 0 aliphatic heterocycles. The van der Waals surface area contributed by atoms with Gasteiger partial charge in [0.05, 0.1) is 17.1 Å². The van der Waals surface area contributed by atoms with E-state index < -0.39 is 0 Å². The minimum atomic E-state index is -0.264. The van der Waals surface area contributed by atoms with Crippen molar-refractivity contribution in [1.82, 2.24) is 9.97 Å². The van der Waals surface area contributed by atoms with Gasteiger partial charge in [0.1, 0.15) is 5.82 Å². The largest absolute Gasteiger partial charge is 0.393 e. The zero-order valence-electron chi connectivity index (χ0n) is 9.83. The first-order valence-corrected chi connectivity index (χ1v) is 5.84. The van der Waals surface area contributed by atoms with Gasteiger partial charge in [0.2, 0.25) is 0 Å². The van der Waals surface area contributed by atoms with Crippen LogP contribution in [-0.2, 0) is 12.8 Å². The van der Waals surface area contributed by atoms with Gasteiger partial charge in [-0.05, 0) is 37.5 Å². The number of fused-ring (bicyclic) bond motifs is 1. The molecule has 1 heterocycles. The first-order chi connectivity index (χ1) is 7.69. The summed E-state index contributed by atoms with van der Waals surface area (Å²) in [4.78, 5) is 7.80. The van der Waals surface area contributed by atoms with Crippen molar-refractivity contribution in [2.24, 2.45) is 0 Å². The lowest BCUT2D eigenvalue weighted by atomic mass is 10.1. The average Bonchev–Trinajstić information content (AvgIpc) is 2.67. The van der Waals surface area contributed by atoms with E-state index in [2.05, 4.69) is 35.1 Å². The fraction of sp³-hybridized carbons (Fsp3) is 0.462. The number of hydrogen-bond acceptors (Lipinski definition) is 2. The van der Waals surface area contributed by atoms with E-state index in [1.807, 2.05) is 0 Å². The molecule has 0 aliphatic carbocycles. The maximum atomic E-state index is 9.23. The quantitative estimate of drug-likeness (QED) is 0.828. The van der Waals surface area contributed by atoms with Crippen LogP contribution >= 0.6 is 0 Å². The van der Waals surface area contributed by atoms with Gasteiger partial charge < -0.3 is 10.1 Å². The standard InChI is InChI=1S/C13H18N2O/c1-3-10-5-6-11-12(8-10)15-13(14-11)7-4-9(2)16/h5-6,8-9,16H,3-4,7H2,1-2H3,(H,14,15). The van der Waals surface area contributed by atoms with Gasteiger partial charge in [-0.3, -0.25) is 0 Å². The van der Waals surface area contributed by atoms with Crippen LogP contribution in [0.3, 0.4) is 0 Å². The van der Waals surface area contributed by atoms with Crippen LogP contribution in [0.25, 0.3) is 11.0 Å². The number of aliphatic hydroxyl groups is 1. The van der Waals surface area contributed by atoms with Crippen LogP contribution in [0.5, 0.6) is 0 Å². The van der Waals surface area contributed by atoms with Crippen LogP contribution < -0.4 is 0 Å². The molecule has 0 saturated carbocycles. The second kappa shape index (κ2) is 4.66. The van der Waals surface area contributed by atoms with Gasteiger partial charge in [-0.1, -0.05) is 13.0 Å². The number of nitrogens with one attached hydrogen (secondary N) is 1. The maximum absolute atomic E-state index is 9.23. The first kappa shape index (κ1) is 11.1. The molecule has 1 aromatic heterocycles. The summed E-state index contributed by atoms with van der Waals surface area (Å²) in [5, 5.41) is 9.23. The van der Waals surface area contributed by atoms with Crippen LogP contribution in [0, 0.1) is 0 Å². The Morgan fingerprint density at radius 3 is 2.94 bits per heavy atom. The van der Waals surface area contributed by atoms with Crippen LogP contribution in [0.4, 0.5) is 0 Å². The van der Waals surface area contributed by atoms with Crippen LogP contribution in [0.15, 0.2) is 18.2 Å². The van der Waals surface area contributed by atoms with Crippen molar-refractivity contribution in [3.05, 3.63) is 29.6 Å². The summed E-state index contributed by atoms with van der Waals surface area (Å²) in [6.07, 6.45) is 2.33. The molecular formula is C13H18N2O. The van der Waals surface area contributed by atoms with Crippen molar-refractivity contribution in [3.8, 4) is 0 Å². The predicted octanol–water partition coefficient (Wildman–Crippen LogP) is 2.44. The Morgan fingerprint density at radius 2 is 2.25 bits per heavy atom. The molecule has 0 radical (unpaired) electrons. The lowest BCUT2D eigenvalue weighted by Crippen LogP contribution is -2.02. The van der Waals surface area contributed by atoms with E-state index in [1.165, 1.54) is 5.56 Å². The minimum absolute atomic E-state index is 0.264. The molecule has 2 N–H and O–H groups in total. The second-order valence-corrected chi connectivity index (χ2v) is 4.28. The molecule has 1 unspecified atom stereocenters. The van der Waals surface area contributed by atoms with Gasteiger partial charge in [0.15, 0.2) is 0 Å². The number of nitrogens with zero attached hydrogens (tertiary/aromatic N) is 1. The van der Waals surface area contributed by atoms with E-state index in [0.717, 1.165) is 36.1 Å². The molecule has 0 amide bonds. The van der Waals surface area contributed by atoms with Crippen LogP contribution in [0.2, 0.25) is 0 Å². The molecule has 1 atom stereocenters. The van der Waals surface area contributed by atoms with E-state index in [4.69, 9.17) is 0 Å². The topological polar surface area (TPSA) is 48.9 Å². The summed E-state index contributed by atoms with van der Waals surface area (Å²) in [6.45, 7) is 3.95. The van der Waals surface area contributed by atoms with Crippen molar-refractivity contribution < 1.29 is 5.11 Å². The third-order valence-electron chi connectivity index (χ3n) is 2.80. The lowest BCUT2D eigenvalue weighted by Gasteiger charge is -1.99. The Bertz CT molecular complexity index is 474. The van der Waals surface area contributed by atoms with E-state index in [1.54, 1.807) is 6.92 Å². The predicted molar refractivity (Wildman–Crippen MR) is 65.5 cm³/mol. The van der Waals surface area contributed by atoms with Crippen molar-refractivity contribution in [1.29, 1.82) is 0 Å². The number of aliphatic hydroxyl groups excluding tert-OH is 1. The first-order valence-electron chi connectivity index (χ1n) is 5.84. The Hall–Kier alpha value is -1.35. The maximum Gasteiger partial charge on any atom is 0.107 e. The fourth-order valence-electron chi connectivity index (χ4n) is 1.79. The number of imidazole rings is 1. The molecule has 3 nitrogen and oxygen atoms in total. The highest BCUT2D eigenvalue weighted by atomic mass is 16.3. The summed E-state index contributed by atoms with van der Waals surface area (Å²) in [5.41, 5.74) is 3.43. The Labute approximate surface area is 95.5 Å². The van der Waals surface area contributed by atoms with Crippen molar-refractivity contribution in [2.45, 2.75) is 39.2 Å². The zero-order valence-corrected chi connectivity index (χ0v) is 9.83. The van der Waals surface area contributed by atoms with Gasteiger partial charge in [-0.15, -0.1) is 0 Å². The summed E-state index contributed by atoms with van der Waals surface area (Å²) < 4.78 is 0. The summed E-state index contributed by atoms with van der Waals surface area (Å²) in [5.74, 6) is 0.962. The zero-order chi connectivity index (χ0) is 11.5. The number of rotatable bonds is 4. The SMILES string of the molecule is CCc1ccc2nc(CCC(C)O)[nH]c2c1. The summed E-state index contributed by atoms with van der Waals surface area (Å²) in [7, 11) is 0. The highest BCUT2D eigenvalue weighted by molar-refractivity contribution is 5.75. The molecular weight excluding hydrogens is 200 g/mol. The minimum Gasteiger partial charge on any atom is -0.393 e. The third kappa shape index (κ3) is 2.42. The molecule has 1 aromatic carbocycles. The van der Waals surface area contributed by atoms with Crippen molar-refractivity contribution in [2.75, 3.05) is 0 Å². The molecule has 0 bridgehead atoms. The smallest absolute Gasteiger partial charge is 0.107 e. The molecule has 16 heavy (non-hydrogen) atoms. The van der Waals surface area contributed by atoms with E-state index in [9.17, 15) is 5.11 Å². The normalized spacial score (nSPS) is 13.2. The number of benzene rings is 1. The molecule has 86 valence electrons. The highest BCUT2D eigenvalue weighted by Crippen LogP contribution is 2.15. The van der Waals surface area contributed by atoms with Gasteiger partial charge in [-0.25, -0.2) is 4.98 Å². The Kier molecular flexibility index (Phi) is 3.25. The third-order valence-corrected chi connectivity index (χ3v) is 2.80. The van der Waals surface area contributed by atoms with Crippen LogP contribution in [-0.4, -0.2) is 21.2 Å². The van der Waals surface area contributed by atoms with E-state index in [-0.39, 0.29) is 6.10 Å². The lowest BCUT2D eigenvalue weighted by molar-refractivity contribution is 0.184. The van der Waals surface area contributed by atoms with E-state index in [0.29, 0.717) is 0 Å². The number of H-pyrrole nitrogens is 1. The Balaban J connectivity index is 2.22. The van der Waals surface area contributed by atoms with Crippen molar-refractivity contribution in [3.63, 3.8) is 0 Å². The van der Waals surface area contributed by atoms with Gasteiger partial charge >= 0.3 is 0 Å². The second-order valence-electron chi connectivity index (χ2n) is 4.28. The molecule has 2 rings (SSSR count). The molecule has 0 saturated heterocycles. The average molecular weight is 218 g/mol. The fourth-order valence-corrected chi connectivity index (χ4v) is 1.79. The molecule has 2 aromatic rings. The van der Waals surface area contributed by atoms with Gasteiger partial charge in [0, 0.05) is 6.42 Å².